The number of rotatable bonds is 6. The molecule has 4 heteroatoms. The zero-order valence-corrected chi connectivity index (χ0v) is 9.48. The fourth-order valence-corrected chi connectivity index (χ4v) is 1.55. The van der Waals surface area contributed by atoms with Crippen molar-refractivity contribution in [1.82, 2.24) is 5.32 Å². The number of benzene rings is 1. The van der Waals surface area contributed by atoms with Gasteiger partial charge in [0.05, 0.1) is 0 Å². The zero-order valence-electron chi connectivity index (χ0n) is 9.48. The van der Waals surface area contributed by atoms with E-state index in [-0.39, 0.29) is 24.1 Å². The number of phenolic OH excluding ortho intramolecular Hbond substituents is 2. The Kier molecular flexibility index (Phi) is 5.08. The summed E-state index contributed by atoms with van der Waals surface area (Å²) < 4.78 is 0. The molecule has 0 heterocycles. The lowest BCUT2D eigenvalue weighted by Gasteiger charge is -2.15. The number of phenols is 2. The molecule has 1 aromatic carbocycles. The summed E-state index contributed by atoms with van der Waals surface area (Å²) in [6, 6.07) is 5.04. The van der Waals surface area contributed by atoms with Crippen molar-refractivity contribution < 1.29 is 15.3 Å². The summed E-state index contributed by atoms with van der Waals surface area (Å²) in [7, 11) is 0. The van der Waals surface area contributed by atoms with Gasteiger partial charge in [0.25, 0.3) is 0 Å². The maximum absolute atomic E-state index is 9.31. The molecule has 1 atom stereocenters. The molecule has 0 aliphatic rings. The molecule has 0 saturated carbocycles. The number of aliphatic hydroxyl groups is 1. The van der Waals surface area contributed by atoms with Crippen molar-refractivity contribution in [2.24, 2.45) is 0 Å². The fraction of sp³-hybridized carbons (Fsp3) is 0.500. The van der Waals surface area contributed by atoms with Crippen LogP contribution in [0.4, 0.5) is 0 Å². The molecule has 0 bridgehead atoms. The summed E-state index contributed by atoms with van der Waals surface area (Å²) >= 11 is 0. The molecule has 0 aromatic heterocycles. The lowest BCUT2D eigenvalue weighted by Crippen LogP contribution is -2.28. The molecular formula is C12H19NO3. The van der Waals surface area contributed by atoms with Crippen LogP contribution in [0.25, 0.3) is 0 Å². The molecule has 1 aromatic rings. The minimum Gasteiger partial charge on any atom is -0.504 e. The van der Waals surface area contributed by atoms with Crippen molar-refractivity contribution in [2.45, 2.75) is 32.4 Å². The average Bonchev–Trinajstić information content (AvgIpc) is 2.28. The SMILES string of the molecule is CCC(CCO)NCc1ccc(O)c(O)c1. The van der Waals surface area contributed by atoms with Crippen LogP contribution in [0.1, 0.15) is 25.3 Å². The molecule has 0 radical (unpaired) electrons. The summed E-state index contributed by atoms with van der Waals surface area (Å²) in [6.07, 6.45) is 1.67. The number of aromatic hydroxyl groups is 2. The predicted molar refractivity (Wildman–Crippen MR) is 62.4 cm³/mol. The van der Waals surface area contributed by atoms with E-state index >= 15 is 0 Å². The van der Waals surface area contributed by atoms with Crippen LogP contribution in [0.3, 0.4) is 0 Å². The minimum atomic E-state index is -0.105. The Morgan fingerprint density at radius 2 is 2.00 bits per heavy atom. The van der Waals surface area contributed by atoms with Crippen molar-refractivity contribution >= 4 is 0 Å². The second kappa shape index (κ2) is 6.35. The quantitative estimate of drug-likeness (QED) is 0.551. The molecule has 90 valence electrons. The Morgan fingerprint density at radius 1 is 1.25 bits per heavy atom. The van der Waals surface area contributed by atoms with E-state index in [0.717, 1.165) is 18.4 Å². The topological polar surface area (TPSA) is 72.7 Å². The molecule has 4 nitrogen and oxygen atoms in total. The van der Waals surface area contributed by atoms with E-state index in [2.05, 4.69) is 12.2 Å². The first-order valence-corrected chi connectivity index (χ1v) is 5.52. The van der Waals surface area contributed by atoms with Crippen LogP contribution in [0.2, 0.25) is 0 Å². The second-order valence-corrected chi connectivity index (χ2v) is 3.82. The average molecular weight is 225 g/mol. The highest BCUT2D eigenvalue weighted by Crippen LogP contribution is 2.24. The predicted octanol–water partition coefficient (Wildman–Crippen LogP) is 1.35. The van der Waals surface area contributed by atoms with Gasteiger partial charge in [-0.1, -0.05) is 13.0 Å². The molecule has 0 amide bonds. The number of nitrogens with one attached hydrogen (secondary N) is 1. The maximum Gasteiger partial charge on any atom is 0.157 e. The summed E-state index contributed by atoms with van der Waals surface area (Å²) in [5.41, 5.74) is 0.909. The number of hydrogen-bond acceptors (Lipinski definition) is 4. The van der Waals surface area contributed by atoms with Gasteiger partial charge in [-0.05, 0) is 30.5 Å². The van der Waals surface area contributed by atoms with Gasteiger partial charge in [0.2, 0.25) is 0 Å². The number of hydrogen-bond donors (Lipinski definition) is 4. The van der Waals surface area contributed by atoms with Crippen LogP contribution in [0.5, 0.6) is 11.5 Å². The van der Waals surface area contributed by atoms with Crippen LogP contribution in [-0.2, 0) is 6.54 Å². The molecule has 0 spiro atoms. The van der Waals surface area contributed by atoms with E-state index < -0.39 is 0 Å². The van der Waals surface area contributed by atoms with Gasteiger partial charge >= 0.3 is 0 Å². The van der Waals surface area contributed by atoms with E-state index in [1.54, 1.807) is 6.07 Å². The van der Waals surface area contributed by atoms with E-state index in [4.69, 9.17) is 10.2 Å². The highest BCUT2D eigenvalue weighted by atomic mass is 16.3. The Morgan fingerprint density at radius 3 is 2.56 bits per heavy atom. The summed E-state index contributed by atoms with van der Waals surface area (Å²) in [5, 5.41) is 30.6. The van der Waals surface area contributed by atoms with E-state index in [9.17, 15) is 5.11 Å². The molecular weight excluding hydrogens is 206 g/mol. The first kappa shape index (κ1) is 12.8. The lowest BCUT2D eigenvalue weighted by atomic mass is 10.1. The molecule has 0 saturated heterocycles. The summed E-state index contributed by atoms with van der Waals surface area (Å²) in [5.74, 6) is -0.208. The number of aliphatic hydroxyl groups excluding tert-OH is 1. The molecule has 1 rings (SSSR count). The van der Waals surface area contributed by atoms with Gasteiger partial charge in [0, 0.05) is 19.2 Å². The Labute approximate surface area is 95.6 Å². The van der Waals surface area contributed by atoms with Crippen LogP contribution >= 0.6 is 0 Å². The van der Waals surface area contributed by atoms with Crippen molar-refractivity contribution in [2.75, 3.05) is 6.61 Å². The van der Waals surface area contributed by atoms with E-state index in [1.807, 2.05) is 0 Å². The van der Waals surface area contributed by atoms with Gasteiger partial charge in [-0.2, -0.15) is 0 Å². The highest BCUT2D eigenvalue weighted by Gasteiger charge is 2.05. The van der Waals surface area contributed by atoms with Crippen molar-refractivity contribution in [1.29, 1.82) is 0 Å². The normalized spacial score (nSPS) is 12.6. The highest BCUT2D eigenvalue weighted by molar-refractivity contribution is 5.40. The van der Waals surface area contributed by atoms with Crippen molar-refractivity contribution in [3.63, 3.8) is 0 Å². The van der Waals surface area contributed by atoms with Gasteiger partial charge in [0.1, 0.15) is 0 Å². The molecule has 0 aliphatic heterocycles. The minimum absolute atomic E-state index is 0.102. The molecule has 1 unspecified atom stereocenters. The summed E-state index contributed by atoms with van der Waals surface area (Å²) in [6.45, 7) is 2.85. The van der Waals surface area contributed by atoms with Gasteiger partial charge in [0.15, 0.2) is 11.5 Å². The fourth-order valence-electron chi connectivity index (χ4n) is 1.55. The van der Waals surface area contributed by atoms with Gasteiger partial charge in [-0.25, -0.2) is 0 Å². The monoisotopic (exact) mass is 225 g/mol. The van der Waals surface area contributed by atoms with Crippen LogP contribution in [-0.4, -0.2) is 28.0 Å². The van der Waals surface area contributed by atoms with Gasteiger partial charge in [-0.15, -0.1) is 0 Å². The van der Waals surface area contributed by atoms with Crippen LogP contribution in [0, 0.1) is 0 Å². The lowest BCUT2D eigenvalue weighted by molar-refractivity contribution is 0.262. The van der Waals surface area contributed by atoms with Gasteiger partial charge in [-0.3, -0.25) is 0 Å². The molecule has 16 heavy (non-hydrogen) atoms. The Bertz CT molecular complexity index is 328. The van der Waals surface area contributed by atoms with E-state index in [0.29, 0.717) is 6.54 Å². The molecule has 4 N–H and O–H groups in total. The molecule has 0 fully saturated rings. The largest absolute Gasteiger partial charge is 0.504 e. The van der Waals surface area contributed by atoms with Crippen LogP contribution < -0.4 is 5.32 Å². The van der Waals surface area contributed by atoms with Crippen LogP contribution in [0.15, 0.2) is 18.2 Å². The maximum atomic E-state index is 9.31. The van der Waals surface area contributed by atoms with Crippen molar-refractivity contribution in [3.05, 3.63) is 23.8 Å². The van der Waals surface area contributed by atoms with E-state index in [1.165, 1.54) is 12.1 Å². The summed E-state index contributed by atoms with van der Waals surface area (Å²) in [4.78, 5) is 0. The first-order valence-electron chi connectivity index (χ1n) is 5.52. The van der Waals surface area contributed by atoms with Gasteiger partial charge < -0.3 is 20.6 Å². The van der Waals surface area contributed by atoms with Crippen molar-refractivity contribution in [3.8, 4) is 11.5 Å². The second-order valence-electron chi connectivity index (χ2n) is 3.82. The Hall–Kier alpha value is -1.26. The third kappa shape index (κ3) is 3.72. The third-order valence-electron chi connectivity index (χ3n) is 2.61. The standard InChI is InChI=1S/C12H19NO3/c1-2-10(5-6-14)13-8-9-3-4-11(15)12(16)7-9/h3-4,7,10,13-16H,2,5-6,8H2,1H3. The zero-order chi connectivity index (χ0) is 12.0. The Balaban J connectivity index is 2.50. The smallest absolute Gasteiger partial charge is 0.157 e. The molecule has 0 aliphatic carbocycles. The first-order chi connectivity index (χ1) is 7.67. The third-order valence-corrected chi connectivity index (χ3v) is 2.61.